The number of rotatable bonds is 5. The highest BCUT2D eigenvalue weighted by atomic mass is 35.5. The van der Waals surface area contributed by atoms with Gasteiger partial charge in [0.25, 0.3) is 5.91 Å². The van der Waals surface area contributed by atoms with E-state index < -0.39 is 0 Å². The molecule has 0 bridgehead atoms. The molecule has 2 heterocycles. The largest absolute Gasteiger partial charge is 0.383 e. The highest BCUT2D eigenvalue weighted by Crippen LogP contribution is 2.21. The van der Waals surface area contributed by atoms with Crippen LogP contribution in [0.15, 0.2) is 36.5 Å². The quantitative estimate of drug-likeness (QED) is 0.861. The molecule has 6 heteroatoms. The summed E-state index contributed by atoms with van der Waals surface area (Å²) < 4.78 is 0. The van der Waals surface area contributed by atoms with Gasteiger partial charge in [-0.05, 0) is 49.1 Å². The summed E-state index contributed by atoms with van der Waals surface area (Å²) in [6.45, 7) is 2.40. The third-order valence-corrected chi connectivity index (χ3v) is 4.70. The van der Waals surface area contributed by atoms with E-state index in [0.717, 1.165) is 50.1 Å². The fourth-order valence-electron chi connectivity index (χ4n) is 2.77. The second kappa shape index (κ2) is 7.86. The van der Waals surface area contributed by atoms with Crippen molar-refractivity contribution in [3.8, 4) is 0 Å². The Labute approximate surface area is 151 Å². The third kappa shape index (κ3) is 4.19. The number of pyridine rings is 1. The van der Waals surface area contributed by atoms with E-state index >= 15 is 0 Å². The molecule has 1 aromatic carbocycles. The Hall–Kier alpha value is -1.78. The van der Waals surface area contributed by atoms with Crippen molar-refractivity contribution < 1.29 is 4.79 Å². The number of nitrogens with zero attached hydrogens (tertiary/aromatic N) is 2. The molecule has 1 saturated heterocycles. The van der Waals surface area contributed by atoms with Gasteiger partial charge < -0.3 is 10.2 Å². The Bertz CT molecular complexity index is 713. The molecule has 0 atom stereocenters. The van der Waals surface area contributed by atoms with Crippen LogP contribution in [0.3, 0.4) is 0 Å². The third-order valence-electron chi connectivity index (χ3n) is 4.11. The van der Waals surface area contributed by atoms with Crippen LogP contribution in [-0.4, -0.2) is 35.4 Å². The summed E-state index contributed by atoms with van der Waals surface area (Å²) >= 11 is 12.1. The highest BCUT2D eigenvalue weighted by molar-refractivity contribution is 6.35. The molecule has 3 rings (SSSR count). The van der Waals surface area contributed by atoms with Gasteiger partial charge in [-0.15, -0.1) is 0 Å². The van der Waals surface area contributed by atoms with Gasteiger partial charge >= 0.3 is 0 Å². The van der Waals surface area contributed by atoms with E-state index in [4.69, 9.17) is 23.2 Å². The molecule has 4 nitrogen and oxygen atoms in total. The Morgan fingerprint density at radius 1 is 1.17 bits per heavy atom. The molecule has 0 unspecified atom stereocenters. The minimum absolute atomic E-state index is 0.0204. The Morgan fingerprint density at radius 2 is 1.96 bits per heavy atom. The van der Waals surface area contributed by atoms with E-state index in [-0.39, 0.29) is 5.91 Å². The first-order valence-electron chi connectivity index (χ1n) is 8.06. The second-order valence-electron chi connectivity index (χ2n) is 5.84. The maximum absolute atomic E-state index is 12.2. The van der Waals surface area contributed by atoms with Crippen molar-refractivity contribution in [1.82, 2.24) is 9.88 Å². The number of carbonyl (C=O) groups is 1. The van der Waals surface area contributed by atoms with E-state index in [1.165, 1.54) is 0 Å². The average Bonchev–Trinajstić information content (AvgIpc) is 3.11. The lowest BCUT2D eigenvalue weighted by atomic mass is 10.1. The SMILES string of the molecule is O=C(c1ccc(NCCc2ccc(Cl)cc2Cl)cn1)N1CCCC1. The van der Waals surface area contributed by atoms with Crippen LogP contribution in [0.2, 0.25) is 10.0 Å². The van der Waals surface area contributed by atoms with Gasteiger partial charge in [-0.25, -0.2) is 4.98 Å². The molecule has 1 fully saturated rings. The summed E-state index contributed by atoms with van der Waals surface area (Å²) in [6, 6.07) is 9.18. The number of hydrogen-bond acceptors (Lipinski definition) is 3. The summed E-state index contributed by atoms with van der Waals surface area (Å²) in [6.07, 6.45) is 4.65. The van der Waals surface area contributed by atoms with E-state index in [1.54, 1.807) is 18.3 Å². The maximum atomic E-state index is 12.2. The number of hydrogen-bond donors (Lipinski definition) is 1. The van der Waals surface area contributed by atoms with Crippen LogP contribution >= 0.6 is 23.2 Å². The summed E-state index contributed by atoms with van der Waals surface area (Å²) in [5, 5.41) is 4.60. The molecule has 24 heavy (non-hydrogen) atoms. The molecule has 0 saturated carbocycles. The summed E-state index contributed by atoms with van der Waals surface area (Å²) in [5.41, 5.74) is 2.43. The first-order valence-corrected chi connectivity index (χ1v) is 8.82. The Kier molecular flexibility index (Phi) is 5.59. The number of likely N-dealkylation sites (tertiary alicyclic amines) is 1. The van der Waals surface area contributed by atoms with Crippen LogP contribution in [0.25, 0.3) is 0 Å². The van der Waals surface area contributed by atoms with Crippen molar-refractivity contribution >= 4 is 34.8 Å². The van der Waals surface area contributed by atoms with Crippen LogP contribution in [0.1, 0.15) is 28.9 Å². The lowest BCUT2D eigenvalue weighted by molar-refractivity contribution is 0.0787. The van der Waals surface area contributed by atoms with Crippen LogP contribution < -0.4 is 5.32 Å². The molecule has 1 aromatic heterocycles. The minimum Gasteiger partial charge on any atom is -0.383 e. The van der Waals surface area contributed by atoms with E-state index in [0.29, 0.717) is 15.7 Å². The summed E-state index contributed by atoms with van der Waals surface area (Å²) in [4.78, 5) is 18.4. The zero-order valence-corrected chi connectivity index (χ0v) is 14.8. The fraction of sp³-hybridized carbons (Fsp3) is 0.333. The molecule has 1 N–H and O–H groups in total. The molecular formula is C18H19Cl2N3O. The number of halogens is 2. The molecule has 126 valence electrons. The number of carbonyl (C=O) groups excluding carboxylic acids is 1. The van der Waals surface area contributed by atoms with Gasteiger partial charge in [0.1, 0.15) is 5.69 Å². The zero-order chi connectivity index (χ0) is 16.9. The molecule has 1 aliphatic heterocycles. The first-order chi connectivity index (χ1) is 11.6. The fourth-order valence-corrected chi connectivity index (χ4v) is 3.28. The lowest BCUT2D eigenvalue weighted by Gasteiger charge is -2.14. The predicted octanol–water partition coefficient (Wildman–Crippen LogP) is 4.28. The van der Waals surface area contributed by atoms with Crippen molar-refractivity contribution in [2.24, 2.45) is 0 Å². The standard InChI is InChI=1S/C18H19Cl2N3O/c19-14-4-3-13(16(20)11-14)7-8-21-15-5-6-17(22-12-15)18(24)23-9-1-2-10-23/h3-6,11-12,21H,1-2,7-10H2. The number of anilines is 1. The van der Waals surface area contributed by atoms with Gasteiger partial charge in [0.15, 0.2) is 0 Å². The van der Waals surface area contributed by atoms with Crippen LogP contribution in [0, 0.1) is 0 Å². The van der Waals surface area contributed by atoms with Crippen LogP contribution in [-0.2, 0) is 6.42 Å². The zero-order valence-electron chi connectivity index (χ0n) is 13.3. The van der Waals surface area contributed by atoms with Gasteiger partial charge in [-0.3, -0.25) is 4.79 Å². The van der Waals surface area contributed by atoms with Crippen molar-refractivity contribution in [1.29, 1.82) is 0 Å². The molecule has 0 aliphatic carbocycles. The molecule has 0 radical (unpaired) electrons. The normalized spacial score (nSPS) is 14.0. The minimum atomic E-state index is 0.0204. The van der Waals surface area contributed by atoms with E-state index in [1.807, 2.05) is 23.1 Å². The van der Waals surface area contributed by atoms with Gasteiger partial charge in [-0.1, -0.05) is 29.3 Å². The number of amides is 1. The van der Waals surface area contributed by atoms with E-state index in [9.17, 15) is 4.79 Å². The van der Waals surface area contributed by atoms with Crippen molar-refractivity contribution in [2.75, 3.05) is 25.0 Å². The second-order valence-corrected chi connectivity index (χ2v) is 6.69. The molecule has 0 spiro atoms. The maximum Gasteiger partial charge on any atom is 0.272 e. The lowest BCUT2D eigenvalue weighted by Crippen LogP contribution is -2.28. The number of nitrogens with one attached hydrogen (secondary N) is 1. The Balaban J connectivity index is 1.53. The van der Waals surface area contributed by atoms with Crippen LogP contribution in [0.5, 0.6) is 0 Å². The topological polar surface area (TPSA) is 45.2 Å². The predicted molar refractivity (Wildman–Crippen MR) is 98.0 cm³/mol. The van der Waals surface area contributed by atoms with Gasteiger partial charge in [-0.2, -0.15) is 0 Å². The van der Waals surface area contributed by atoms with Crippen molar-refractivity contribution in [2.45, 2.75) is 19.3 Å². The summed E-state index contributed by atoms with van der Waals surface area (Å²) in [5.74, 6) is 0.0204. The van der Waals surface area contributed by atoms with Crippen LogP contribution in [0.4, 0.5) is 5.69 Å². The number of benzene rings is 1. The van der Waals surface area contributed by atoms with E-state index in [2.05, 4.69) is 10.3 Å². The average molecular weight is 364 g/mol. The van der Waals surface area contributed by atoms with Gasteiger partial charge in [0, 0.05) is 29.7 Å². The monoisotopic (exact) mass is 363 g/mol. The molecular weight excluding hydrogens is 345 g/mol. The Morgan fingerprint density at radius 3 is 2.62 bits per heavy atom. The molecule has 1 amide bonds. The van der Waals surface area contributed by atoms with Crippen molar-refractivity contribution in [3.05, 3.63) is 57.8 Å². The first kappa shape index (κ1) is 17.1. The smallest absolute Gasteiger partial charge is 0.272 e. The van der Waals surface area contributed by atoms with Crippen molar-refractivity contribution in [3.63, 3.8) is 0 Å². The molecule has 2 aromatic rings. The molecule has 1 aliphatic rings. The van der Waals surface area contributed by atoms with Gasteiger partial charge in [0.2, 0.25) is 0 Å². The van der Waals surface area contributed by atoms with Gasteiger partial charge in [0.05, 0.1) is 11.9 Å². The highest BCUT2D eigenvalue weighted by Gasteiger charge is 2.20. The number of aromatic nitrogens is 1. The summed E-state index contributed by atoms with van der Waals surface area (Å²) in [7, 11) is 0.